The molecule has 0 N–H and O–H groups in total. The molecule has 0 radical (unpaired) electrons. The SMILES string of the molecule is CCOP(OCC)C(F)(F)c1sc2c(OCCCC(F)(F)F)cc(CN3CCOCC3)cc2c1Br. The van der Waals surface area contributed by atoms with E-state index in [9.17, 15) is 13.2 Å². The molecule has 0 spiro atoms. The summed E-state index contributed by atoms with van der Waals surface area (Å²) in [6.07, 6.45) is -5.49. The summed E-state index contributed by atoms with van der Waals surface area (Å²) in [5, 5.41) is 0.518. The number of thiophene rings is 1. The minimum Gasteiger partial charge on any atom is -0.492 e. The highest BCUT2D eigenvalue weighted by atomic mass is 79.9. The highest BCUT2D eigenvalue weighted by molar-refractivity contribution is 9.10. The van der Waals surface area contributed by atoms with E-state index in [2.05, 4.69) is 20.8 Å². The fraction of sp³-hybridized carbons (Fsp3) is 0.636. The zero-order valence-electron chi connectivity index (χ0n) is 19.4. The van der Waals surface area contributed by atoms with Crippen LogP contribution in [0.25, 0.3) is 10.1 Å². The van der Waals surface area contributed by atoms with Crippen LogP contribution in [0.3, 0.4) is 0 Å². The van der Waals surface area contributed by atoms with E-state index in [1.54, 1.807) is 19.9 Å². The van der Waals surface area contributed by atoms with Crippen LogP contribution < -0.4 is 4.74 Å². The summed E-state index contributed by atoms with van der Waals surface area (Å²) in [4.78, 5) is 1.90. The van der Waals surface area contributed by atoms with E-state index in [1.807, 2.05) is 6.07 Å². The Morgan fingerprint density at radius 3 is 2.34 bits per heavy atom. The van der Waals surface area contributed by atoms with Gasteiger partial charge in [-0.25, -0.2) is 0 Å². The topological polar surface area (TPSA) is 40.2 Å². The van der Waals surface area contributed by atoms with Crippen LogP contribution in [0.2, 0.25) is 0 Å². The molecular formula is C22H28BrF5NO4PS. The van der Waals surface area contributed by atoms with Gasteiger partial charge >= 0.3 is 11.8 Å². The van der Waals surface area contributed by atoms with Gasteiger partial charge in [0.2, 0.25) is 0 Å². The van der Waals surface area contributed by atoms with Crippen LogP contribution in [0.5, 0.6) is 5.75 Å². The number of alkyl halides is 5. The minimum absolute atomic E-state index is 0.0705. The lowest BCUT2D eigenvalue weighted by molar-refractivity contribution is -0.136. The van der Waals surface area contributed by atoms with Crippen LogP contribution in [-0.4, -0.2) is 57.2 Å². The monoisotopic (exact) mass is 607 g/mol. The van der Waals surface area contributed by atoms with Crippen LogP contribution in [0.4, 0.5) is 22.0 Å². The van der Waals surface area contributed by atoms with E-state index in [4.69, 9.17) is 18.5 Å². The van der Waals surface area contributed by atoms with E-state index < -0.39 is 26.6 Å². The van der Waals surface area contributed by atoms with Crippen molar-refractivity contribution in [2.24, 2.45) is 0 Å². The second kappa shape index (κ2) is 12.8. The molecule has 1 aromatic carbocycles. The first-order valence-corrected chi connectivity index (χ1v) is 14.0. The number of morpholine rings is 1. The van der Waals surface area contributed by atoms with Crippen molar-refractivity contribution in [2.45, 2.75) is 45.1 Å². The highest BCUT2D eigenvalue weighted by Gasteiger charge is 2.48. The van der Waals surface area contributed by atoms with E-state index in [1.165, 1.54) is 0 Å². The molecule has 2 aromatic rings. The number of fused-ring (bicyclic) bond motifs is 1. The fourth-order valence-corrected chi connectivity index (χ4v) is 7.19. The standard InChI is InChI=1S/C22H28BrF5NO4PS/c1-3-32-34(33-4-2)22(27,28)20-18(23)16-12-15(14-29-7-10-30-11-8-29)13-17(19(16)35-20)31-9-5-6-21(24,25)26/h12-13H,3-11,14H2,1-2H3. The molecule has 1 aromatic heterocycles. The van der Waals surface area contributed by atoms with Crippen molar-refractivity contribution in [3.05, 3.63) is 27.0 Å². The van der Waals surface area contributed by atoms with Gasteiger partial charge in [-0.05, 0) is 53.9 Å². The second-order valence-corrected chi connectivity index (χ2v) is 11.2. The lowest BCUT2D eigenvalue weighted by atomic mass is 10.1. The van der Waals surface area contributed by atoms with Gasteiger partial charge in [0.05, 0.1) is 42.6 Å². The highest BCUT2D eigenvalue weighted by Crippen LogP contribution is 2.63. The maximum absolute atomic E-state index is 15.5. The first kappa shape index (κ1) is 28.9. The summed E-state index contributed by atoms with van der Waals surface area (Å²) in [5.41, 5.74) is -2.59. The number of nitrogens with zero attached hydrogens (tertiary/aromatic N) is 1. The molecule has 0 bridgehead atoms. The van der Waals surface area contributed by atoms with Crippen LogP contribution in [0, 0.1) is 0 Å². The molecule has 1 aliphatic rings. The Labute approximate surface area is 214 Å². The molecule has 1 saturated heterocycles. The molecule has 13 heteroatoms. The predicted molar refractivity (Wildman–Crippen MR) is 130 cm³/mol. The Balaban J connectivity index is 1.97. The molecular weight excluding hydrogens is 580 g/mol. The number of hydrogen-bond donors (Lipinski definition) is 0. The largest absolute Gasteiger partial charge is 0.492 e. The average Bonchev–Trinajstić information content (AvgIpc) is 3.14. The Hall–Kier alpha value is -0.620. The molecule has 1 aliphatic heterocycles. The molecule has 0 saturated carbocycles. The molecule has 198 valence electrons. The van der Waals surface area contributed by atoms with E-state index in [0.29, 0.717) is 29.8 Å². The fourth-order valence-electron chi connectivity index (χ4n) is 3.58. The molecule has 2 heterocycles. The van der Waals surface area contributed by atoms with Gasteiger partial charge in [0, 0.05) is 35.9 Å². The van der Waals surface area contributed by atoms with Crippen LogP contribution >= 0.6 is 35.6 Å². The maximum Gasteiger partial charge on any atom is 0.389 e. The number of ether oxygens (including phenoxy) is 2. The lowest BCUT2D eigenvalue weighted by Gasteiger charge is -2.26. The first-order valence-electron chi connectivity index (χ1n) is 11.3. The molecule has 3 rings (SSSR count). The minimum atomic E-state index is -4.28. The van der Waals surface area contributed by atoms with Crippen LogP contribution in [-0.2, 0) is 26.0 Å². The number of hydrogen-bond acceptors (Lipinski definition) is 6. The summed E-state index contributed by atoms with van der Waals surface area (Å²) in [7, 11) is -2.53. The normalized spacial score (nSPS) is 15.9. The first-order chi connectivity index (χ1) is 16.6. The Bertz CT molecular complexity index is 965. The summed E-state index contributed by atoms with van der Waals surface area (Å²) in [6, 6.07) is 3.54. The van der Waals surface area contributed by atoms with E-state index in [0.717, 1.165) is 30.0 Å². The number of halogens is 6. The van der Waals surface area contributed by atoms with Crippen molar-refractivity contribution in [2.75, 3.05) is 46.1 Å². The van der Waals surface area contributed by atoms with Crippen molar-refractivity contribution >= 4 is 45.7 Å². The Morgan fingerprint density at radius 1 is 1.09 bits per heavy atom. The van der Waals surface area contributed by atoms with Crippen LogP contribution in [0.15, 0.2) is 16.6 Å². The Morgan fingerprint density at radius 2 is 1.74 bits per heavy atom. The van der Waals surface area contributed by atoms with Gasteiger partial charge in [-0.3, -0.25) is 4.90 Å². The van der Waals surface area contributed by atoms with Gasteiger partial charge in [-0.1, -0.05) is 0 Å². The van der Waals surface area contributed by atoms with Gasteiger partial charge in [0.1, 0.15) is 5.75 Å². The summed E-state index contributed by atoms with van der Waals surface area (Å²) < 4.78 is 90.9. The maximum atomic E-state index is 15.5. The summed E-state index contributed by atoms with van der Waals surface area (Å²) >= 11 is 4.19. The molecule has 0 aliphatic carbocycles. The smallest absolute Gasteiger partial charge is 0.389 e. The van der Waals surface area contributed by atoms with Crippen molar-refractivity contribution in [3.63, 3.8) is 0 Å². The zero-order chi connectivity index (χ0) is 25.6. The van der Waals surface area contributed by atoms with Crippen molar-refractivity contribution < 1.29 is 40.5 Å². The third kappa shape index (κ3) is 7.69. The van der Waals surface area contributed by atoms with Crippen molar-refractivity contribution in [1.82, 2.24) is 4.90 Å². The molecule has 1 fully saturated rings. The van der Waals surface area contributed by atoms with Gasteiger partial charge in [-0.2, -0.15) is 22.0 Å². The van der Waals surface area contributed by atoms with Crippen molar-refractivity contribution in [1.29, 1.82) is 0 Å². The quantitative estimate of drug-likeness (QED) is 0.141. The van der Waals surface area contributed by atoms with Crippen LogP contribution in [0.1, 0.15) is 37.1 Å². The molecule has 0 unspecified atom stereocenters. The lowest BCUT2D eigenvalue weighted by Crippen LogP contribution is -2.35. The number of benzene rings is 1. The third-order valence-electron chi connectivity index (χ3n) is 5.12. The van der Waals surface area contributed by atoms with Gasteiger partial charge < -0.3 is 18.5 Å². The van der Waals surface area contributed by atoms with E-state index >= 15 is 8.78 Å². The Kier molecular flexibility index (Phi) is 10.5. The summed E-state index contributed by atoms with van der Waals surface area (Å²) in [5.74, 6) is 0.290. The molecule has 0 atom stereocenters. The van der Waals surface area contributed by atoms with Gasteiger partial charge in [0.25, 0.3) is 8.38 Å². The predicted octanol–water partition coefficient (Wildman–Crippen LogP) is 7.65. The third-order valence-corrected chi connectivity index (χ3v) is 9.32. The summed E-state index contributed by atoms with van der Waals surface area (Å²) in [6.45, 7) is 6.38. The number of rotatable bonds is 12. The van der Waals surface area contributed by atoms with E-state index in [-0.39, 0.29) is 41.3 Å². The molecule has 5 nitrogen and oxygen atoms in total. The van der Waals surface area contributed by atoms with Gasteiger partial charge in [-0.15, -0.1) is 11.3 Å². The zero-order valence-corrected chi connectivity index (χ0v) is 22.7. The second-order valence-electron chi connectivity index (χ2n) is 7.81. The molecule has 35 heavy (non-hydrogen) atoms. The molecule has 0 amide bonds. The van der Waals surface area contributed by atoms with Crippen molar-refractivity contribution in [3.8, 4) is 5.75 Å². The van der Waals surface area contributed by atoms with Gasteiger partial charge in [0.15, 0.2) is 0 Å². The average molecular weight is 608 g/mol.